The molecule has 1 saturated carbocycles. The molecule has 0 aromatic carbocycles. The summed E-state index contributed by atoms with van der Waals surface area (Å²) >= 11 is 0. The molecule has 3 aliphatic rings. The predicted molar refractivity (Wildman–Crippen MR) is 81.2 cm³/mol. The lowest BCUT2D eigenvalue weighted by atomic mass is 9.91. The van der Waals surface area contributed by atoms with Crippen LogP contribution in [0.2, 0.25) is 0 Å². The van der Waals surface area contributed by atoms with E-state index in [0.717, 1.165) is 30.6 Å². The van der Waals surface area contributed by atoms with Crippen molar-refractivity contribution in [3.63, 3.8) is 0 Å². The van der Waals surface area contributed by atoms with Gasteiger partial charge in [-0.05, 0) is 18.9 Å². The van der Waals surface area contributed by atoms with Gasteiger partial charge in [-0.3, -0.25) is 15.4 Å². The summed E-state index contributed by atoms with van der Waals surface area (Å²) in [5.74, 6) is -0.397. The number of nitrogens with zero attached hydrogens (tertiary/aromatic N) is 1. The van der Waals surface area contributed by atoms with Crippen molar-refractivity contribution in [1.82, 2.24) is 10.2 Å². The van der Waals surface area contributed by atoms with Crippen molar-refractivity contribution >= 4 is 11.8 Å². The Bertz CT molecular complexity index is 549. The van der Waals surface area contributed by atoms with E-state index in [1.165, 1.54) is 12.3 Å². The third kappa shape index (κ3) is 2.82. The van der Waals surface area contributed by atoms with Gasteiger partial charge in [0, 0.05) is 12.1 Å². The number of Topliss-reactive ketones (excluding diaryl/α,β-unsaturated/α-hetero) is 1. The lowest BCUT2D eigenvalue weighted by Gasteiger charge is -2.37. The molecule has 1 aliphatic carbocycles. The van der Waals surface area contributed by atoms with Crippen molar-refractivity contribution < 1.29 is 29.6 Å². The van der Waals surface area contributed by atoms with Crippen LogP contribution in [0.25, 0.3) is 0 Å². The summed E-state index contributed by atoms with van der Waals surface area (Å²) in [6.07, 6.45) is 1.27. The first-order valence-electron chi connectivity index (χ1n) is 8.13. The van der Waals surface area contributed by atoms with Crippen LogP contribution in [0, 0.1) is 5.92 Å². The highest BCUT2D eigenvalue weighted by atomic mass is 16.6. The Hall–Kier alpha value is -1.52. The molecule has 5 atom stereocenters. The monoisotopic (exact) mass is 341 g/mol. The van der Waals surface area contributed by atoms with Crippen molar-refractivity contribution in [2.24, 2.45) is 11.7 Å². The van der Waals surface area contributed by atoms with Gasteiger partial charge >= 0.3 is 6.03 Å². The van der Waals surface area contributed by atoms with Crippen LogP contribution in [-0.2, 0) is 9.53 Å². The molecule has 6 N–H and O–H groups in total. The summed E-state index contributed by atoms with van der Waals surface area (Å²) < 4.78 is 5.31. The number of ether oxygens (including phenoxy) is 1. The van der Waals surface area contributed by atoms with Crippen LogP contribution in [0.1, 0.15) is 25.7 Å². The number of carbonyl (C=O) groups is 2. The molecule has 0 spiro atoms. The molecule has 2 amide bonds. The third-order valence-corrected chi connectivity index (χ3v) is 4.97. The molecular formula is C15H23N3O6. The Morgan fingerprint density at radius 2 is 2.04 bits per heavy atom. The molecule has 134 valence electrons. The fourth-order valence-electron chi connectivity index (χ4n) is 3.53. The maximum atomic E-state index is 12.5. The Balaban J connectivity index is 1.75. The van der Waals surface area contributed by atoms with Gasteiger partial charge in [-0.2, -0.15) is 0 Å². The number of nitrogens with two attached hydrogens (primary N) is 1. The molecular weight excluding hydrogens is 318 g/mol. The minimum absolute atomic E-state index is 0.166. The summed E-state index contributed by atoms with van der Waals surface area (Å²) in [7, 11) is 0. The van der Waals surface area contributed by atoms with Gasteiger partial charge in [-0.25, -0.2) is 4.79 Å². The van der Waals surface area contributed by atoms with E-state index in [1.54, 1.807) is 0 Å². The number of hydrogen-bond acceptors (Lipinski definition) is 7. The minimum Gasteiger partial charge on any atom is -0.394 e. The van der Waals surface area contributed by atoms with Crippen LogP contribution in [0.3, 0.4) is 0 Å². The maximum absolute atomic E-state index is 12.5. The van der Waals surface area contributed by atoms with Gasteiger partial charge in [-0.1, -0.05) is 12.8 Å². The number of carbonyl (C=O) groups excluding carboxylic acids is 2. The van der Waals surface area contributed by atoms with Crippen LogP contribution < -0.4 is 11.1 Å². The highest BCUT2D eigenvalue weighted by molar-refractivity contribution is 5.96. The molecule has 9 nitrogen and oxygen atoms in total. The number of amides is 2. The largest absolute Gasteiger partial charge is 0.394 e. The second-order valence-corrected chi connectivity index (χ2v) is 6.60. The number of ketones is 1. The number of aliphatic hydroxyl groups excluding tert-OH is 3. The van der Waals surface area contributed by atoms with Crippen molar-refractivity contribution in [2.75, 3.05) is 6.61 Å². The van der Waals surface area contributed by atoms with E-state index >= 15 is 0 Å². The zero-order chi connectivity index (χ0) is 17.5. The number of aliphatic hydroxyl groups is 3. The van der Waals surface area contributed by atoms with Crippen LogP contribution in [-0.4, -0.2) is 68.8 Å². The van der Waals surface area contributed by atoms with Crippen molar-refractivity contribution in [2.45, 2.75) is 55.9 Å². The van der Waals surface area contributed by atoms with E-state index < -0.39 is 42.8 Å². The molecule has 2 fully saturated rings. The topological polar surface area (TPSA) is 145 Å². The third-order valence-electron chi connectivity index (χ3n) is 4.97. The molecule has 1 saturated heterocycles. The Kier molecular flexibility index (Phi) is 4.63. The molecule has 3 rings (SSSR count). The summed E-state index contributed by atoms with van der Waals surface area (Å²) in [4.78, 5) is 25.9. The lowest BCUT2D eigenvalue weighted by Crippen LogP contribution is -2.67. The van der Waals surface area contributed by atoms with Crippen molar-refractivity contribution in [3.05, 3.63) is 12.3 Å². The van der Waals surface area contributed by atoms with Crippen LogP contribution in [0.5, 0.6) is 0 Å². The van der Waals surface area contributed by atoms with Gasteiger partial charge in [0.05, 0.1) is 6.61 Å². The van der Waals surface area contributed by atoms with E-state index in [4.69, 9.17) is 15.6 Å². The quantitative estimate of drug-likeness (QED) is 0.413. The number of hydrogen-bond donors (Lipinski definition) is 5. The van der Waals surface area contributed by atoms with E-state index in [0.29, 0.717) is 0 Å². The highest BCUT2D eigenvalue weighted by Gasteiger charge is 2.49. The molecule has 2 heterocycles. The first kappa shape index (κ1) is 17.3. The fraction of sp³-hybridized carbons (Fsp3) is 0.733. The molecule has 2 aliphatic heterocycles. The van der Waals surface area contributed by atoms with Gasteiger partial charge in [-0.15, -0.1) is 0 Å². The van der Waals surface area contributed by atoms with Gasteiger partial charge < -0.3 is 25.4 Å². The average Bonchev–Trinajstić information content (AvgIpc) is 3.17. The van der Waals surface area contributed by atoms with Crippen molar-refractivity contribution in [3.8, 4) is 0 Å². The molecule has 0 aromatic heterocycles. The summed E-state index contributed by atoms with van der Waals surface area (Å²) in [6, 6.07) is -0.707. The molecule has 1 unspecified atom stereocenters. The lowest BCUT2D eigenvalue weighted by molar-refractivity contribution is -0.127. The zero-order valence-electron chi connectivity index (χ0n) is 13.2. The molecule has 0 bridgehead atoms. The predicted octanol–water partition coefficient (Wildman–Crippen LogP) is -1.62. The Morgan fingerprint density at radius 3 is 2.58 bits per heavy atom. The van der Waals surface area contributed by atoms with Gasteiger partial charge in [0.25, 0.3) is 0 Å². The number of urea groups is 1. The second-order valence-electron chi connectivity index (χ2n) is 6.60. The molecule has 9 heteroatoms. The van der Waals surface area contributed by atoms with E-state index in [2.05, 4.69) is 5.32 Å². The molecule has 0 radical (unpaired) electrons. The number of nitrogens with one attached hydrogen (secondary N) is 1. The van der Waals surface area contributed by atoms with E-state index in [-0.39, 0.29) is 11.7 Å². The fourth-order valence-corrected chi connectivity index (χ4v) is 3.53. The Morgan fingerprint density at radius 1 is 1.38 bits per heavy atom. The molecule has 24 heavy (non-hydrogen) atoms. The smallest absolute Gasteiger partial charge is 0.325 e. The zero-order valence-corrected chi connectivity index (χ0v) is 13.2. The van der Waals surface area contributed by atoms with Gasteiger partial charge in [0.1, 0.15) is 18.3 Å². The average molecular weight is 341 g/mol. The first-order chi connectivity index (χ1) is 11.4. The second kappa shape index (κ2) is 6.41. The summed E-state index contributed by atoms with van der Waals surface area (Å²) in [5, 5.41) is 31.4. The maximum Gasteiger partial charge on any atom is 0.325 e. The first-order valence-corrected chi connectivity index (χ1v) is 8.13. The summed E-state index contributed by atoms with van der Waals surface area (Å²) in [5.41, 5.74) is 4.48. The van der Waals surface area contributed by atoms with Crippen LogP contribution in [0.15, 0.2) is 12.3 Å². The van der Waals surface area contributed by atoms with Crippen LogP contribution >= 0.6 is 0 Å². The minimum atomic E-state index is -1.58. The Labute approximate surface area is 139 Å². The van der Waals surface area contributed by atoms with Crippen LogP contribution in [0.4, 0.5) is 4.79 Å². The highest BCUT2D eigenvalue weighted by Crippen LogP contribution is 2.30. The normalized spacial score (nSPS) is 40.2. The standard InChI is InChI=1S/C15H23N3O6/c16-15(12(22)8-3-1-2-4-8)5-6-18(14(23)17-15)13-11(21)10(20)9(7-19)24-13/h5-6,8-11,13,19-21H,1-4,7,16H2,(H,17,23)/t9-,10-,11-,13-,15?/m1/s1. The van der Waals surface area contributed by atoms with Gasteiger partial charge in [0.2, 0.25) is 0 Å². The summed E-state index contributed by atoms with van der Waals surface area (Å²) in [6.45, 7) is -0.491. The van der Waals surface area contributed by atoms with E-state index in [1.807, 2.05) is 0 Å². The van der Waals surface area contributed by atoms with Crippen molar-refractivity contribution in [1.29, 1.82) is 0 Å². The van der Waals surface area contributed by atoms with E-state index in [9.17, 15) is 19.8 Å². The molecule has 0 aromatic rings. The van der Waals surface area contributed by atoms with Gasteiger partial charge in [0.15, 0.2) is 17.7 Å². The number of rotatable bonds is 4. The SMILES string of the molecule is NC1(C(=O)C2CCCC2)C=CN([C@@H]2O[C@H](CO)[C@@H](O)[C@H]2O)C(=O)N1.